The predicted molar refractivity (Wildman–Crippen MR) is 105 cm³/mol. The summed E-state index contributed by atoms with van der Waals surface area (Å²) in [5.41, 5.74) is -3.22. The van der Waals surface area contributed by atoms with Gasteiger partial charge in [0.15, 0.2) is 5.96 Å². The second-order valence-corrected chi connectivity index (χ2v) is 8.59. The second-order valence-electron chi connectivity index (χ2n) is 6.67. The van der Waals surface area contributed by atoms with Gasteiger partial charge in [-0.2, -0.15) is 17.5 Å². The molecule has 1 aromatic carbocycles. The molecule has 1 aromatic rings. The summed E-state index contributed by atoms with van der Waals surface area (Å²) >= 11 is 0. The van der Waals surface area contributed by atoms with Gasteiger partial charge in [0, 0.05) is 32.8 Å². The highest BCUT2D eigenvalue weighted by molar-refractivity contribution is 7.90. The molecule has 1 heterocycles. The van der Waals surface area contributed by atoms with E-state index in [2.05, 4.69) is 15.6 Å². The van der Waals surface area contributed by atoms with Crippen LogP contribution in [0.2, 0.25) is 0 Å². The van der Waals surface area contributed by atoms with Crippen molar-refractivity contribution in [1.82, 2.24) is 14.9 Å². The van der Waals surface area contributed by atoms with Crippen molar-refractivity contribution < 1.29 is 26.3 Å². The molecule has 2 rings (SSSR count). The fourth-order valence-electron chi connectivity index (χ4n) is 3.07. The lowest BCUT2D eigenvalue weighted by molar-refractivity contribution is -0.0494. The molecule has 0 atom stereocenters. The number of ether oxygens (including phenoxy) is 1. The van der Waals surface area contributed by atoms with Gasteiger partial charge in [-0.1, -0.05) is 24.3 Å². The Hall–Kier alpha value is -1.85. The summed E-state index contributed by atoms with van der Waals surface area (Å²) in [6, 6.07) is 7.60. The van der Waals surface area contributed by atoms with Crippen LogP contribution in [0.15, 0.2) is 29.3 Å². The third kappa shape index (κ3) is 6.31. The minimum absolute atomic E-state index is 0.165. The molecule has 1 aliphatic rings. The first-order valence-electron chi connectivity index (χ1n) is 9.36. The summed E-state index contributed by atoms with van der Waals surface area (Å²) in [5.74, 6) is 0.539. The molecule has 1 saturated heterocycles. The Morgan fingerprint density at radius 2 is 1.86 bits per heavy atom. The number of methoxy groups -OCH3 is 1. The highest BCUT2D eigenvalue weighted by atomic mass is 32.2. The summed E-state index contributed by atoms with van der Waals surface area (Å²) < 4.78 is 66.8. The lowest BCUT2D eigenvalue weighted by atomic mass is 10.1. The Morgan fingerprint density at radius 3 is 2.41 bits per heavy atom. The number of rotatable bonds is 7. The van der Waals surface area contributed by atoms with Gasteiger partial charge in [-0.25, -0.2) is 13.4 Å². The maximum atomic E-state index is 12.7. The number of halogens is 3. The van der Waals surface area contributed by atoms with E-state index in [0.29, 0.717) is 30.0 Å². The zero-order valence-electron chi connectivity index (χ0n) is 16.5. The quantitative estimate of drug-likeness (QED) is 0.506. The molecule has 0 spiro atoms. The standard InChI is InChI=1S/C18H27F3N4O3S/c1-3-22-17(23-12-14-6-4-5-7-15(14)13-28-2)24-16-8-10-25(11-9-16)29(26,27)18(19,20)21/h4-7,16H,3,8-13H2,1-2H3,(H2,22,23,24). The molecule has 0 aromatic heterocycles. The van der Waals surface area contributed by atoms with Gasteiger partial charge in [0.2, 0.25) is 0 Å². The minimum atomic E-state index is -5.27. The molecule has 0 unspecified atom stereocenters. The van der Waals surface area contributed by atoms with Crippen molar-refractivity contribution in [1.29, 1.82) is 0 Å². The van der Waals surface area contributed by atoms with Crippen molar-refractivity contribution in [2.75, 3.05) is 26.7 Å². The molecule has 11 heteroatoms. The van der Waals surface area contributed by atoms with Crippen LogP contribution < -0.4 is 10.6 Å². The zero-order valence-corrected chi connectivity index (χ0v) is 17.3. The summed E-state index contributed by atoms with van der Waals surface area (Å²) in [6.45, 7) is 3.05. The van der Waals surface area contributed by atoms with Crippen molar-refractivity contribution >= 4 is 16.0 Å². The molecular weight excluding hydrogens is 409 g/mol. The summed E-state index contributed by atoms with van der Waals surface area (Å²) in [4.78, 5) is 4.55. The van der Waals surface area contributed by atoms with Crippen LogP contribution in [0, 0.1) is 0 Å². The van der Waals surface area contributed by atoms with E-state index in [1.807, 2.05) is 31.2 Å². The van der Waals surface area contributed by atoms with E-state index >= 15 is 0 Å². The van der Waals surface area contributed by atoms with Gasteiger partial charge in [-0.15, -0.1) is 0 Å². The maximum absolute atomic E-state index is 12.7. The summed E-state index contributed by atoms with van der Waals surface area (Å²) in [7, 11) is -3.65. The number of piperidine rings is 1. The molecule has 7 nitrogen and oxygen atoms in total. The number of benzene rings is 1. The molecule has 0 radical (unpaired) electrons. The van der Waals surface area contributed by atoms with Gasteiger partial charge in [-0.05, 0) is 30.9 Å². The fraction of sp³-hybridized carbons (Fsp3) is 0.611. The van der Waals surface area contributed by atoms with E-state index in [0.717, 1.165) is 11.1 Å². The molecule has 164 valence electrons. The number of alkyl halides is 3. The minimum Gasteiger partial charge on any atom is -0.380 e. The highest BCUT2D eigenvalue weighted by Gasteiger charge is 2.50. The SMILES string of the molecule is CCNC(=NCc1ccccc1COC)NC1CCN(S(=O)(=O)C(F)(F)F)CC1. The maximum Gasteiger partial charge on any atom is 0.511 e. The average Bonchev–Trinajstić information content (AvgIpc) is 2.67. The number of nitrogens with zero attached hydrogens (tertiary/aromatic N) is 2. The lowest BCUT2D eigenvalue weighted by Crippen LogP contribution is -2.51. The van der Waals surface area contributed by atoms with Crippen molar-refractivity contribution in [3.8, 4) is 0 Å². The van der Waals surface area contributed by atoms with Gasteiger partial charge in [-0.3, -0.25) is 0 Å². The van der Waals surface area contributed by atoms with E-state index in [4.69, 9.17) is 4.74 Å². The van der Waals surface area contributed by atoms with Crippen LogP contribution in [0.5, 0.6) is 0 Å². The van der Waals surface area contributed by atoms with Crippen LogP contribution in [0.3, 0.4) is 0 Å². The van der Waals surface area contributed by atoms with Gasteiger partial charge in [0.05, 0.1) is 13.2 Å². The molecule has 1 fully saturated rings. The van der Waals surface area contributed by atoms with Crippen molar-refractivity contribution in [3.05, 3.63) is 35.4 Å². The Balaban J connectivity index is 1.99. The number of hydrogen-bond acceptors (Lipinski definition) is 4. The van der Waals surface area contributed by atoms with Gasteiger partial charge < -0.3 is 15.4 Å². The number of nitrogens with one attached hydrogen (secondary N) is 2. The molecule has 0 saturated carbocycles. The van der Waals surface area contributed by atoms with Gasteiger partial charge in [0.1, 0.15) is 0 Å². The molecule has 1 aliphatic heterocycles. The smallest absolute Gasteiger partial charge is 0.380 e. The Bertz CT molecular complexity index is 792. The predicted octanol–water partition coefficient (Wildman–Crippen LogP) is 2.20. The van der Waals surface area contributed by atoms with Crippen LogP contribution >= 0.6 is 0 Å². The normalized spacial score (nSPS) is 17.3. The molecule has 0 bridgehead atoms. The summed E-state index contributed by atoms with van der Waals surface area (Å²) in [5, 5.41) is 6.31. The van der Waals surface area contributed by atoms with E-state index in [9.17, 15) is 21.6 Å². The molecule has 0 aliphatic carbocycles. The van der Waals surface area contributed by atoms with E-state index in [-0.39, 0.29) is 32.0 Å². The highest BCUT2D eigenvalue weighted by Crippen LogP contribution is 2.28. The number of hydrogen-bond donors (Lipinski definition) is 2. The monoisotopic (exact) mass is 436 g/mol. The van der Waals surface area contributed by atoms with Gasteiger partial charge in [0.25, 0.3) is 0 Å². The first kappa shape index (κ1) is 23.4. The Morgan fingerprint density at radius 1 is 1.24 bits per heavy atom. The van der Waals surface area contributed by atoms with E-state index < -0.39 is 15.5 Å². The Labute approximate surface area is 169 Å². The molecule has 29 heavy (non-hydrogen) atoms. The largest absolute Gasteiger partial charge is 0.511 e. The van der Waals surface area contributed by atoms with Crippen LogP contribution in [0.4, 0.5) is 13.2 Å². The van der Waals surface area contributed by atoms with Crippen molar-refractivity contribution in [2.45, 2.75) is 44.5 Å². The van der Waals surface area contributed by atoms with E-state index in [1.54, 1.807) is 7.11 Å². The van der Waals surface area contributed by atoms with Crippen molar-refractivity contribution in [3.63, 3.8) is 0 Å². The lowest BCUT2D eigenvalue weighted by Gasteiger charge is -2.32. The van der Waals surface area contributed by atoms with Crippen molar-refractivity contribution in [2.24, 2.45) is 4.99 Å². The molecular formula is C18H27F3N4O3S. The Kier molecular flexibility index (Phi) is 8.29. The first-order chi connectivity index (χ1) is 13.7. The third-order valence-corrected chi connectivity index (χ3v) is 6.23. The first-order valence-corrected chi connectivity index (χ1v) is 10.8. The number of aliphatic imine (C=N–C) groups is 1. The molecule has 2 N–H and O–H groups in total. The average molecular weight is 437 g/mol. The van der Waals surface area contributed by atoms with Crippen LogP contribution in [-0.2, 0) is 27.9 Å². The van der Waals surface area contributed by atoms with Crippen LogP contribution in [-0.4, -0.2) is 57.0 Å². The fourth-order valence-corrected chi connectivity index (χ4v) is 4.06. The van der Waals surface area contributed by atoms with Gasteiger partial charge >= 0.3 is 15.5 Å². The number of guanidine groups is 1. The van der Waals surface area contributed by atoms with Crippen LogP contribution in [0.1, 0.15) is 30.9 Å². The second kappa shape index (κ2) is 10.3. The van der Waals surface area contributed by atoms with Crippen LogP contribution in [0.25, 0.3) is 0 Å². The number of sulfonamides is 1. The zero-order chi connectivity index (χ0) is 21.5. The molecule has 0 amide bonds. The third-order valence-electron chi connectivity index (χ3n) is 4.60. The van der Waals surface area contributed by atoms with E-state index in [1.165, 1.54) is 0 Å². The summed E-state index contributed by atoms with van der Waals surface area (Å²) in [6.07, 6.45) is 0.528. The topological polar surface area (TPSA) is 83.0 Å².